The average molecular weight is 285 g/mol. The molecule has 0 fully saturated rings. The number of carboxylic acids is 1. The van der Waals surface area contributed by atoms with Crippen molar-refractivity contribution in [1.82, 2.24) is 0 Å². The molecule has 2 aromatic rings. The number of hydrogen-bond acceptors (Lipinski definition) is 3. The molecule has 0 bridgehead atoms. The van der Waals surface area contributed by atoms with Crippen LogP contribution in [-0.4, -0.2) is 23.5 Å². The summed E-state index contributed by atoms with van der Waals surface area (Å²) in [5.41, 5.74) is 1.98. The van der Waals surface area contributed by atoms with Crippen LogP contribution in [0.25, 0.3) is 0 Å². The van der Waals surface area contributed by atoms with Crippen molar-refractivity contribution in [2.24, 2.45) is 0 Å². The predicted molar refractivity (Wildman–Crippen MR) is 76.8 cm³/mol. The highest BCUT2D eigenvalue weighted by Gasteiger charge is 2.28. The second kappa shape index (κ2) is 5.09. The summed E-state index contributed by atoms with van der Waals surface area (Å²) in [6, 6.07) is 9.04. The van der Waals surface area contributed by atoms with E-state index in [2.05, 4.69) is 6.92 Å². The molecule has 1 aliphatic heterocycles. The number of benzene rings is 1. The molecule has 1 aliphatic rings. The van der Waals surface area contributed by atoms with Gasteiger partial charge in [0.25, 0.3) is 5.91 Å². The monoisotopic (exact) mass is 285 g/mol. The molecule has 5 nitrogen and oxygen atoms in total. The van der Waals surface area contributed by atoms with Gasteiger partial charge in [-0.2, -0.15) is 0 Å². The number of nitrogens with zero attached hydrogens (tertiary/aromatic N) is 1. The SMILES string of the molecule is CC1CCN(C(=O)c2cc(C(=O)O)co2)c2ccccc21. The molecule has 1 atom stereocenters. The van der Waals surface area contributed by atoms with E-state index in [-0.39, 0.29) is 17.2 Å². The molecule has 1 aromatic heterocycles. The first-order valence-corrected chi connectivity index (χ1v) is 6.80. The number of amides is 1. The van der Waals surface area contributed by atoms with Gasteiger partial charge in [-0.1, -0.05) is 25.1 Å². The Balaban J connectivity index is 1.95. The van der Waals surface area contributed by atoms with Gasteiger partial charge >= 0.3 is 5.97 Å². The molecule has 1 amide bonds. The molecule has 3 rings (SSSR count). The number of carbonyl (C=O) groups excluding carboxylic acids is 1. The maximum Gasteiger partial charge on any atom is 0.338 e. The lowest BCUT2D eigenvalue weighted by Crippen LogP contribution is -2.36. The molecule has 0 saturated carbocycles. The summed E-state index contributed by atoms with van der Waals surface area (Å²) in [6.07, 6.45) is 1.96. The second-order valence-corrected chi connectivity index (χ2v) is 5.21. The summed E-state index contributed by atoms with van der Waals surface area (Å²) >= 11 is 0. The number of furan rings is 1. The van der Waals surface area contributed by atoms with Gasteiger partial charge in [-0.3, -0.25) is 4.79 Å². The van der Waals surface area contributed by atoms with E-state index in [1.54, 1.807) is 4.90 Å². The lowest BCUT2D eigenvalue weighted by Gasteiger charge is -2.32. The van der Waals surface area contributed by atoms with Crippen molar-refractivity contribution < 1.29 is 19.1 Å². The van der Waals surface area contributed by atoms with E-state index in [4.69, 9.17) is 9.52 Å². The molecule has 1 aromatic carbocycles. The van der Waals surface area contributed by atoms with Gasteiger partial charge in [-0.15, -0.1) is 0 Å². The van der Waals surface area contributed by atoms with Gasteiger partial charge in [0.1, 0.15) is 6.26 Å². The van der Waals surface area contributed by atoms with Crippen LogP contribution in [0.1, 0.15) is 45.7 Å². The molecule has 0 radical (unpaired) electrons. The summed E-state index contributed by atoms with van der Waals surface area (Å²) < 4.78 is 5.11. The van der Waals surface area contributed by atoms with E-state index in [0.29, 0.717) is 12.5 Å². The van der Waals surface area contributed by atoms with Gasteiger partial charge in [0.2, 0.25) is 0 Å². The summed E-state index contributed by atoms with van der Waals surface area (Å²) in [7, 11) is 0. The number of rotatable bonds is 2. The molecule has 1 unspecified atom stereocenters. The minimum atomic E-state index is -1.11. The fourth-order valence-electron chi connectivity index (χ4n) is 2.65. The van der Waals surface area contributed by atoms with Crippen molar-refractivity contribution in [1.29, 1.82) is 0 Å². The summed E-state index contributed by atoms with van der Waals surface area (Å²) in [5, 5.41) is 8.90. The molecule has 0 aliphatic carbocycles. The van der Waals surface area contributed by atoms with Gasteiger partial charge in [0, 0.05) is 18.3 Å². The standard InChI is InChI=1S/C16H15NO4/c1-10-6-7-17(13-5-3-2-4-12(10)13)15(18)14-8-11(9-21-14)16(19)20/h2-5,8-10H,6-7H2,1H3,(H,19,20). The van der Waals surface area contributed by atoms with Gasteiger partial charge < -0.3 is 14.4 Å². The highest BCUT2D eigenvalue weighted by Crippen LogP contribution is 2.35. The first kappa shape index (κ1) is 13.4. The van der Waals surface area contributed by atoms with Crippen LogP contribution in [0.3, 0.4) is 0 Å². The first-order chi connectivity index (χ1) is 10.1. The van der Waals surface area contributed by atoms with E-state index >= 15 is 0 Å². The third kappa shape index (κ3) is 2.31. The van der Waals surface area contributed by atoms with Crippen molar-refractivity contribution >= 4 is 17.6 Å². The lowest BCUT2D eigenvalue weighted by atomic mass is 9.91. The van der Waals surface area contributed by atoms with Crippen LogP contribution in [-0.2, 0) is 0 Å². The normalized spacial score (nSPS) is 17.4. The van der Waals surface area contributed by atoms with E-state index in [1.165, 1.54) is 6.07 Å². The number of para-hydroxylation sites is 1. The largest absolute Gasteiger partial charge is 0.478 e. The van der Waals surface area contributed by atoms with Gasteiger partial charge in [0.15, 0.2) is 5.76 Å². The maximum absolute atomic E-state index is 12.5. The molecule has 1 N–H and O–H groups in total. The van der Waals surface area contributed by atoms with Crippen molar-refractivity contribution in [3.8, 4) is 0 Å². The van der Waals surface area contributed by atoms with Crippen LogP contribution in [0.5, 0.6) is 0 Å². The van der Waals surface area contributed by atoms with E-state index in [0.717, 1.165) is 23.9 Å². The highest BCUT2D eigenvalue weighted by molar-refractivity contribution is 6.06. The Morgan fingerprint density at radius 2 is 2.10 bits per heavy atom. The van der Waals surface area contributed by atoms with E-state index in [1.807, 2.05) is 24.3 Å². The topological polar surface area (TPSA) is 70.8 Å². The Bertz CT molecular complexity index is 704. The molecule has 0 spiro atoms. The van der Waals surface area contributed by atoms with Gasteiger partial charge in [-0.05, 0) is 24.0 Å². The van der Waals surface area contributed by atoms with Crippen LogP contribution in [0.4, 0.5) is 5.69 Å². The zero-order valence-electron chi connectivity index (χ0n) is 11.6. The molecule has 2 heterocycles. The van der Waals surface area contributed by atoms with E-state index < -0.39 is 5.97 Å². The van der Waals surface area contributed by atoms with Crippen LogP contribution in [0, 0.1) is 0 Å². The van der Waals surface area contributed by atoms with Crippen LogP contribution < -0.4 is 4.90 Å². The number of carboxylic acid groups (broad SMARTS) is 1. The fraction of sp³-hybridized carbons (Fsp3) is 0.250. The van der Waals surface area contributed by atoms with Crippen molar-refractivity contribution in [2.45, 2.75) is 19.3 Å². The van der Waals surface area contributed by atoms with Gasteiger partial charge in [0.05, 0.1) is 5.56 Å². The molecule has 5 heteroatoms. The number of anilines is 1. The number of hydrogen-bond donors (Lipinski definition) is 1. The summed E-state index contributed by atoms with van der Waals surface area (Å²) in [4.78, 5) is 25.1. The second-order valence-electron chi connectivity index (χ2n) is 5.21. The maximum atomic E-state index is 12.5. The molecular weight excluding hydrogens is 270 g/mol. The summed E-state index contributed by atoms with van der Waals surface area (Å²) in [5.74, 6) is -0.958. The number of fused-ring (bicyclic) bond motifs is 1. The molecule has 21 heavy (non-hydrogen) atoms. The van der Waals surface area contributed by atoms with Crippen LogP contribution in [0.15, 0.2) is 41.0 Å². The van der Waals surface area contributed by atoms with Crippen molar-refractivity contribution in [3.05, 3.63) is 53.5 Å². The Morgan fingerprint density at radius 3 is 2.81 bits per heavy atom. The highest BCUT2D eigenvalue weighted by atomic mass is 16.4. The smallest absolute Gasteiger partial charge is 0.338 e. The Labute approximate surface area is 121 Å². The first-order valence-electron chi connectivity index (χ1n) is 6.80. The van der Waals surface area contributed by atoms with Gasteiger partial charge in [-0.25, -0.2) is 4.79 Å². The quantitative estimate of drug-likeness (QED) is 0.920. The van der Waals surface area contributed by atoms with Crippen LogP contribution >= 0.6 is 0 Å². The fourth-order valence-corrected chi connectivity index (χ4v) is 2.65. The molecule has 108 valence electrons. The third-order valence-electron chi connectivity index (χ3n) is 3.85. The lowest BCUT2D eigenvalue weighted by molar-refractivity contribution is 0.0696. The molecular formula is C16H15NO4. The van der Waals surface area contributed by atoms with E-state index in [9.17, 15) is 9.59 Å². The molecule has 0 saturated heterocycles. The minimum absolute atomic E-state index is 0.0167. The zero-order chi connectivity index (χ0) is 15.0. The van der Waals surface area contributed by atoms with Crippen molar-refractivity contribution in [2.75, 3.05) is 11.4 Å². The zero-order valence-corrected chi connectivity index (χ0v) is 11.6. The number of aromatic carboxylic acids is 1. The Kier molecular flexibility index (Phi) is 3.25. The summed E-state index contributed by atoms with van der Waals surface area (Å²) in [6.45, 7) is 2.73. The average Bonchev–Trinajstić information content (AvgIpc) is 2.97. The van der Waals surface area contributed by atoms with Crippen molar-refractivity contribution in [3.63, 3.8) is 0 Å². The third-order valence-corrected chi connectivity index (χ3v) is 3.85. The number of carbonyl (C=O) groups is 2. The Hall–Kier alpha value is -2.56. The minimum Gasteiger partial charge on any atom is -0.478 e. The van der Waals surface area contributed by atoms with Crippen LogP contribution in [0.2, 0.25) is 0 Å². The Morgan fingerprint density at radius 1 is 1.33 bits per heavy atom. The predicted octanol–water partition coefficient (Wildman–Crippen LogP) is 3.13.